The van der Waals surface area contributed by atoms with E-state index in [0.717, 1.165) is 0 Å². The summed E-state index contributed by atoms with van der Waals surface area (Å²) in [6.07, 6.45) is -0.141. The molecule has 1 aromatic rings. The Labute approximate surface area is 92.6 Å². The number of anilines is 1. The number of benzene rings is 1. The number of carbonyl (C=O) groups excluding carboxylic acids is 2. The van der Waals surface area contributed by atoms with E-state index in [1.54, 1.807) is 24.3 Å². The minimum Gasteiger partial charge on any atom is -0.299 e. The quantitative estimate of drug-likeness (QED) is 0.608. The first-order valence-electron chi connectivity index (χ1n) is 4.38. The molecule has 0 spiro atoms. The van der Waals surface area contributed by atoms with Crippen LogP contribution in [0.1, 0.15) is 13.3 Å². The molecule has 0 atom stereocenters. The number of ketones is 1. The predicted molar refractivity (Wildman–Crippen MR) is 58.5 cm³/mol. The first-order valence-corrected chi connectivity index (χ1v) is 4.76. The zero-order chi connectivity index (χ0) is 11.3. The highest BCUT2D eigenvalue weighted by Gasteiger charge is 2.04. The topological polar surface area (TPSA) is 58.2 Å². The van der Waals surface area contributed by atoms with Crippen molar-refractivity contribution < 1.29 is 9.59 Å². The van der Waals surface area contributed by atoms with Gasteiger partial charge in [-0.15, -0.1) is 0 Å². The van der Waals surface area contributed by atoms with Crippen molar-refractivity contribution in [2.45, 2.75) is 13.3 Å². The Balaban J connectivity index is 2.47. The van der Waals surface area contributed by atoms with Crippen LogP contribution < -0.4 is 10.9 Å². The van der Waals surface area contributed by atoms with Crippen LogP contribution in [0.25, 0.3) is 0 Å². The summed E-state index contributed by atoms with van der Waals surface area (Å²) in [4.78, 5) is 21.7. The van der Waals surface area contributed by atoms with Crippen molar-refractivity contribution in [1.82, 2.24) is 5.43 Å². The molecular weight excluding hydrogens is 216 g/mol. The summed E-state index contributed by atoms with van der Waals surface area (Å²) in [6, 6.07) is 6.98. The monoisotopic (exact) mass is 226 g/mol. The molecule has 0 saturated heterocycles. The lowest BCUT2D eigenvalue weighted by molar-refractivity contribution is -0.126. The highest BCUT2D eigenvalue weighted by atomic mass is 35.5. The van der Waals surface area contributed by atoms with E-state index < -0.39 is 0 Å². The predicted octanol–water partition coefficient (Wildman–Crippen LogP) is 1.76. The minimum absolute atomic E-state index is 0.141. The number of para-hydroxylation sites is 1. The van der Waals surface area contributed by atoms with Crippen molar-refractivity contribution in [1.29, 1.82) is 0 Å². The van der Waals surface area contributed by atoms with Gasteiger partial charge in [0.1, 0.15) is 5.78 Å². The largest absolute Gasteiger partial charge is 0.299 e. The van der Waals surface area contributed by atoms with Crippen LogP contribution in [0.3, 0.4) is 0 Å². The average Bonchev–Trinajstić information content (AvgIpc) is 2.15. The van der Waals surface area contributed by atoms with Gasteiger partial charge in [-0.3, -0.25) is 20.4 Å². The minimum atomic E-state index is -0.387. The Morgan fingerprint density at radius 2 is 2.00 bits per heavy atom. The van der Waals surface area contributed by atoms with Crippen molar-refractivity contribution in [3.63, 3.8) is 0 Å². The number of carbonyl (C=O) groups is 2. The molecule has 1 amide bonds. The number of halogens is 1. The molecule has 0 radical (unpaired) electrons. The fourth-order valence-electron chi connectivity index (χ4n) is 0.970. The summed E-state index contributed by atoms with van der Waals surface area (Å²) in [5.74, 6) is -0.573. The van der Waals surface area contributed by atoms with E-state index in [0.29, 0.717) is 10.7 Å². The molecule has 5 heteroatoms. The second-order valence-electron chi connectivity index (χ2n) is 3.03. The average molecular weight is 227 g/mol. The maximum atomic E-state index is 11.1. The van der Waals surface area contributed by atoms with Gasteiger partial charge >= 0.3 is 0 Å². The van der Waals surface area contributed by atoms with E-state index in [1.807, 2.05) is 0 Å². The number of amides is 1. The third kappa shape index (κ3) is 3.99. The Morgan fingerprint density at radius 1 is 1.33 bits per heavy atom. The molecule has 0 aliphatic heterocycles. The number of rotatable bonds is 4. The lowest BCUT2D eigenvalue weighted by atomic mass is 10.3. The number of hydrazine groups is 1. The maximum absolute atomic E-state index is 11.1. The zero-order valence-corrected chi connectivity index (χ0v) is 8.97. The van der Waals surface area contributed by atoms with E-state index >= 15 is 0 Å². The van der Waals surface area contributed by atoms with E-state index in [2.05, 4.69) is 10.9 Å². The van der Waals surface area contributed by atoms with Gasteiger partial charge in [-0.25, -0.2) is 0 Å². The molecule has 1 aromatic carbocycles. The van der Waals surface area contributed by atoms with Crippen LogP contribution in [-0.4, -0.2) is 11.7 Å². The number of hydrogen-bond acceptors (Lipinski definition) is 3. The van der Waals surface area contributed by atoms with Gasteiger partial charge in [-0.2, -0.15) is 0 Å². The molecule has 15 heavy (non-hydrogen) atoms. The molecule has 2 N–H and O–H groups in total. The van der Waals surface area contributed by atoms with Gasteiger partial charge in [-0.05, 0) is 19.1 Å². The molecule has 0 aliphatic carbocycles. The summed E-state index contributed by atoms with van der Waals surface area (Å²) < 4.78 is 0. The molecule has 0 heterocycles. The first-order chi connectivity index (χ1) is 7.09. The van der Waals surface area contributed by atoms with E-state index in [9.17, 15) is 9.59 Å². The third-order valence-corrected chi connectivity index (χ3v) is 1.95. The Kier molecular flexibility index (Phi) is 4.12. The van der Waals surface area contributed by atoms with E-state index in [1.165, 1.54) is 6.92 Å². The molecule has 0 aromatic heterocycles. The summed E-state index contributed by atoms with van der Waals surface area (Å²) in [5, 5.41) is 0.501. The second-order valence-corrected chi connectivity index (χ2v) is 3.44. The van der Waals surface area contributed by atoms with Gasteiger partial charge in [0.15, 0.2) is 0 Å². The van der Waals surface area contributed by atoms with Crippen LogP contribution in [0.2, 0.25) is 5.02 Å². The summed E-state index contributed by atoms with van der Waals surface area (Å²) >= 11 is 5.83. The van der Waals surface area contributed by atoms with Crippen LogP contribution in [0, 0.1) is 0 Å². The molecule has 4 nitrogen and oxygen atoms in total. The molecule has 0 bridgehead atoms. The van der Waals surface area contributed by atoms with Crippen molar-refractivity contribution >= 4 is 29.0 Å². The maximum Gasteiger partial charge on any atom is 0.245 e. The van der Waals surface area contributed by atoms with Crippen LogP contribution >= 0.6 is 11.6 Å². The number of nitrogens with one attached hydrogen (secondary N) is 2. The lowest BCUT2D eigenvalue weighted by Gasteiger charge is -2.08. The molecular formula is C10H11ClN2O2. The standard InChI is InChI=1S/C10H11ClN2O2/c1-7(14)6-10(15)13-12-9-5-3-2-4-8(9)11/h2-5,12H,6H2,1H3,(H,13,15). The van der Waals surface area contributed by atoms with Gasteiger partial charge in [0, 0.05) is 0 Å². The highest BCUT2D eigenvalue weighted by molar-refractivity contribution is 6.33. The van der Waals surface area contributed by atoms with Crippen molar-refractivity contribution in [3.8, 4) is 0 Å². The van der Waals surface area contributed by atoms with E-state index in [-0.39, 0.29) is 18.1 Å². The molecule has 80 valence electrons. The van der Waals surface area contributed by atoms with Gasteiger partial charge < -0.3 is 0 Å². The second kappa shape index (κ2) is 5.36. The third-order valence-electron chi connectivity index (χ3n) is 1.62. The molecule has 0 saturated carbocycles. The summed E-state index contributed by atoms with van der Waals surface area (Å²) in [6.45, 7) is 1.36. The molecule has 0 unspecified atom stereocenters. The molecule has 0 aliphatic rings. The SMILES string of the molecule is CC(=O)CC(=O)NNc1ccccc1Cl. The summed E-state index contributed by atoms with van der Waals surface area (Å²) in [7, 11) is 0. The normalized spacial score (nSPS) is 9.47. The van der Waals surface area contributed by atoms with Gasteiger partial charge in [0.2, 0.25) is 5.91 Å². The van der Waals surface area contributed by atoms with Crippen LogP contribution in [-0.2, 0) is 9.59 Å². The molecule has 1 rings (SSSR count). The van der Waals surface area contributed by atoms with Crippen molar-refractivity contribution in [3.05, 3.63) is 29.3 Å². The smallest absolute Gasteiger partial charge is 0.245 e. The summed E-state index contributed by atoms with van der Waals surface area (Å²) in [5.41, 5.74) is 5.60. The Hall–Kier alpha value is -1.55. The van der Waals surface area contributed by atoms with Crippen LogP contribution in [0.4, 0.5) is 5.69 Å². The van der Waals surface area contributed by atoms with Gasteiger partial charge in [-0.1, -0.05) is 23.7 Å². The van der Waals surface area contributed by atoms with Crippen molar-refractivity contribution in [2.24, 2.45) is 0 Å². The fraction of sp³-hybridized carbons (Fsp3) is 0.200. The van der Waals surface area contributed by atoms with Crippen LogP contribution in [0.15, 0.2) is 24.3 Å². The van der Waals surface area contributed by atoms with Crippen LogP contribution in [0.5, 0.6) is 0 Å². The number of Topliss-reactive ketones (excluding diaryl/α,β-unsaturated/α-hetero) is 1. The lowest BCUT2D eigenvalue weighted by Crippen LogP contribution is -2.30. The molecule has 0 fully saturated rings. The zero-order valence-electron chi connectivity index (χ0n) is 8.21. The Morgan fingerprint density at radius 3 is 2.60 bits per heavy atom. The first kappa shape index (κ1) is 11.5. The highest BCUT2D eigenvalue weighted by Crippen LogP contribution is 2.19. The van der Waals surface area contributed by atoms with Crippen molar-refractivity contribution in [2.75, 3.05) is 5.43 Å². The number of hydrogen-bond donors (Lipinski definition) is 2. The fourth-order valence-corrected chi connectivity index (χ4v) is 1.15. The van der Waals surface area contributed by atoms with E-state index in [4.69, 9.17) is 11.6 Å². The Bertz CT molecular complexity index is 379. The van der Waals surface area contributed by atoms with Gasteiger partial charge in [0.05, 0.1) is 17.1 Å². The van der Waals surface area contributed by atoms with Gasteiger partial charge in [0.25, 0.3) is 0 Å².